The Morgan fingerprint density at radius 3 is 2.85 bits per heavy atom. The van der Waals surface area contributed by atoms with Gasteiger partial charge < -0.3 is 5.11 Å². The third-order valence-corrected chi connectivity index (χ3v) is 2.51. The van der Waals surface area contributed by atoms with Gasteiger partial charge in [-0.1, -0.05) is 0 Å². The number of aldehydes is 1. The van der Waals surface area contributed by atoms with Crippen LogP contribution < -0.4 is 0 Å². The van der Waals surface area contributed by atoms with Gasteiger partial charge in [0.2, 0.25) is 0 Å². The average molecular weight is 194 g/mol. The maximum Gasteiger partial charge on any atom is 0.345 e. The first-order valence-corrected chi connectivity index (χ1v) is 4.25. The van der Waals surface area contributed by atoms with Crippen LogP contribution >= 0.6 is 11.3 Å². The van der Waals surface area contributed by atoms with Crippen molar-refractivity contribution in [1.29, 1.82) is 0 Å². The Kier molecular flexibility index (Phi) is 2.83. The molecule has 0 aliphatic heterocycles. The maximum absolute atomic E-state index is 10.5. The quantitative estimate of drug-likeness (QED) is 0.541. The van der Waals surface area contributed by atoms with Crippen LogP contribution in [0.15, 0.2) is 6.07 Å². The van der Waals surface area contributed by atoms with Gasteiger partial charge in [0.05, 0.1) is 4.88 Å². The Labute approximate surface area is 79.0 Å². The number of aromatic carboxylic acids is 1. The summed E-state index contributed by atoms with van der Waals surface area (Å²) in [7, 11) is 0. The molecule has 66 valence electrons. The van der Waals surface area contributed by atoms with E-state index in [1.54, 1.807) is 13.0 Å². The summed E-state index contributed by atoms with van der Waals surface area (Å²) < 4.78 is 0. The van der Waals surface area contributed by atoms with Gasteiger partial charge in [-0.2, -0.15) is 0 Å². The van der Waals surface area contributed by atoms with E-state index in [1.165, 1.54) is 0 Å². The van der Waals surface area contributed by atoms with Crippen molar-refractivity contribution >= 4 is 23.6 Å². The summed E-state index contributed by atoms with van der Waals surface area (Å²) in [5, 5.41) is 8.64. The lowest BCUT2D eigenvalue weighted by Gasteiger charge is -1.80. The largest absolute Gasteiger partial charge is 0.477 e. The number of carboxylic acids is 1. The summed E-state index contributed by atoms with van der Waals surface area (Å²) in [6.07, 6.45) is 0.486. The lowest BCUT2D eigenvalue weighted by atomic mass is 10.3. The highest BCUT2D eigenvalue weighted by Crippen LogP contribution is 2.20. The molecule has 0 spiro atoms. The summed E-state index contributed by atoms with van der Waals surface area (Å²) >= 11 is 1.08. The van der Waals surface area contributed by atoms with Crippen LogP contribution in [0, 0.1) is 18.8 Å². The molecule has 13 heavy (non-hydrogen) atoms. The highest BCUT2D eigenvalue weighted by molar-refractivity contribution is 7.14. The first kappa shape index (κ1) is 9.49. The number of aryl methyl sites for hydroxylation is 1. The Balaban J connectivity index is 3.10. The summed E-state index contributed by atoms with van der Waals surface area (Å²) in [5.41, 5.74) is 0.789. The van der Waals surface area contributed by atoms with Crippen molar-refractivity contribution in [3.05, 3.63) is 21.4 Å². The smallest absolute Gasteiger partial charge is 0.345 e. The number of hydrogen-bond donors (Lipinski definition) is 1. The predicted octanol–water partition coefficient (Wildman–Crippen LogP) is 1.31. The van der Waals surface area contributed by atoms with Crippen LogP contribution in [0.4, 0.5) is 0 Å². The van der Waals surface area contributed by atoms with Crippen LogP contribution in [0.3, 0.4) is 0 Å². The summed E-state index contributed by atoms with van der Waals surface area (Å²) in [4.78, 5) is 21.4. The molecule has 0 atom stereocenters. The summed E-state index contributed by atoms with van der Waals surface area (Å²) in [6.45, 7) is 1.76. The Morgan fingerprint density at radius 1 is 1.69 bits per heavy atom. The monoisotopic (exact) mass is 194 g/mol. The van der Waals surface area contributed by atoms with Gasteiger partial charge in [-0.25, -0.2) is 4.79 Å². The molecule has 0 fully saturated rings. The Morgan fingerprint density at radius 2 is 2.38 bits per heavy atom. The predicted molar refractivity (Wildman–Crippen MR) is 49.0 cm³/mol. The van der Waals surface area contributed by atoms with Gasteiger partial charge in [-0.05, 0) is 30.4 Å². The standard InChI is InChI=1S/C9H6O3S/c1-6-5-8(9(11)12)13-7(6)3-2-4-10/h4-5H,1H3,(H,11,12). The zero-order chi connectivity index (χ0) is 9.84. The number of rotatable bonds is 1. The molecule has 0 saturated heterocycles. The van der Waals surface area contributed by atoms with E-state index >= 15 is 0 Å². The molecule has 0 aliphatic rings. The van der Waals surface area contributed by atoms with Crippen molar-refractivity contribution in [3.8, 4) is 11.8 Å². The van der Waals surface area contributed by atoms with E-state index in [4.69, 9.17) is 5.11 Å². The highest BCUT2D eigenvalue weighted by atomic mass is 32.1. The molecule has 0 aromatic carbocycles. The van der Waals surface area contributed by atoms with Gasteiger partial charge in [0.15, 0.2) is 6.29 Å². The fourth-order valence-corrected chi connectivity index (χ4v) is 1.68. The third kappa shape index (κ3) is 2.17. The van der Waals surface area contributed by atoms with Crippen molar-refractivity contribution < 1.29 is 14.7 Å². The van der Waals surface area contributed by atoms with E-state index in [9.17, 15) is 9.59 Å². The third-order valence-electron chi connectivity index (χ3n) is 1.37. The van der Waals surface area contributed by atoms with Gasteiger partial charge in [0.1, 0.15) is 4.88 Å². The molecule has 0 unspecified atom stereocenters. The molecule has 1 N–H and O–H groups in total. The van der Waals surface area contributed by atoms with Crippen LogP contribution in [0.25, 0.3) is 0 Å². The highest BCUT2D eigenvalue weighted by Gasteiger charge is 2.08. The van der Waals surface area contributed by atoms with Crippen molar-refractivity contribution in [2.45, 2.75) is 6.92 Å². The SMILES string of the molecule is Cc1cc(C(=O)O)sc1C#CC=O. The molecule has 1 aromatic rings. The molecule has 0 saturated carbocycles. The molecule has 0 bridgehead atoms. The second-order valence-corrected chi connectivity index (χ2v) is 3.37. The molecular weight excluding hydrogens is 188 g/mol. The second kappa shape index (κ2) is 3.87. The zero-order valence-electron chi connectivity index (χ0n) is 6.83. The first-order chi connectivity index (χ1) is 6.15. The summed E-state index contributed by atoms with van der Waals surface area (Å²) in [6, 6.07) is 1.54. The molecule has 1 heterocycles. The van der Waals surface area contributed by atoms with E-state index in [2.05, 4.69) is 11.8 Å². The van der Waals surface area contributed by atoms with Crippen LogP contribution in [0.5, 0.6) is 0 Å². The minimum absolute atomic E-state index is 0.243. The first-order valence-electron chi connectivity index (χ1n) is 3.44. The van der Waals surface area contributed by atoms with E-state index in [1.807, 2.05) is 0 Å². The molecule has 4 heteroatoms. The normalized spacial score (nSPS) is 8.69. The second-order valence-electron chi connectivity index (χ2n) is 2.32. The van der Waals surface area contributed by atoms with Crippen LogP contribution in [-0.2, 0) is 4.79 Å². The van der Waals surface area contributed by atoms with Gasteiger partial charge in [0, 0.05) is 0 Å². The van der Waals surface area contributed by atoms with Crippen molar-refractivity contribution in [2.24, 2.45) is 0 Å². The van der Waals surface area contributed by atoms with Crippen molar-refractivity contribution in [1.82, 2.24) is 0 Å². The number of carbonyl (C=O) groups is 2. The average Bonchev–Trinajstić information content (AvgIpc) is 2.44. The van der Waals surface area contributed by atoms with Crippen LogP contribution in [0.2, 0.25) is 0 Å². The maximum atomic E-state index is 10.5. The molecule has 3 nitrogen and oxygen atoms in total. The van der Waals surface area contributed by atoms with E-state index in [0.717, 1.165) is 16.9 Å². The molecule has 0 aliphatic carbocycles. The van der Waals surface area contributed by atoms with Gasteiger partial charge in [0.25, 0.3) is 0 Å². The van der Waals surface area contributed by atoms with E-state index in [-0.39, 0.29) is 4.88 Å². The van der Waals surface area contributed by atoms with Gasteiger partial charge in [-0.3, -0.25) is 4.79 Å². The lowest BCUT2D eigenvalue weighted by molar-refractivity contribution is -0.103. The fourth-order valence-electron chi connectivity index (χ4n) is 0.807. The van der Waals surface area contributed by atoms with E-state index < -0.39 is 5.97 Å². The van der Waals surface area contributed by atoms with Crippen LogP contribution in [-0.4, -0.2) is 17.4 Å². The van der Waals surface area contributed by atoms with Crippen LogP contribution in [0.1, 0.15) is 20.1 Å². The minimum Gasteiger partial charge on any atom is -0.477 e. The topological polar surface area (TPSA) is 54.4 Å². The number of carbonyl (C=O) groups excluding carboxylic acids is 1. The molecule has 0 radical (unpaired) electrons. The van der Waals surface area contributed by atoms with E-state index in [0.29, 0.717) is 11.2 Å². The molecule has 1 rings (SSSR count). The summed E-state index contributed by atoms with van der Waals surface area (Å²) in [5.74, 6) is 3.85. The zero-order valence-corrected chi connectivity index (χ0v) is 7.64. The Hall–Kier alpha value is -1.60. The van der Waals surface area contributed by atoms with Gasteiger partial charge >= 0.3 is 5.97 Å². The van der Waals surface area contributed by atoms with Crippen molar-refractivity contribution in [2.75, 3.05) is 0 Å². The van der Waals surface area contributed by atoms with Gasteiger partial charge in [-0.15, -0.1) is 11.3 Å². The van der Waals surface area contributed by atoms with Crippen molar-refractivity contribution in [3.63, 3.8) is 0 Å². The number of carboxylic acid groups (broad SMARTS) is 1. The minimum atomic E-state index is -0.966. The lowest BCUT2D eigenvalue weighted by Crippen LogP contribution is -1.89. The molecular formula is C9H6O3S. The Bertz CT molecular complexity index is 406. The molecule has 1 aromatic heterocycles. The fraction of sp³-hybridized carbons (Fsp3) is 0.111. The molecule has 0 amide bonds. The number of hydrogen-bond acceptors (Lipinski definition) is 3. The number of thiophene rings is 1.